The van der Waals surface area contributed by atoms with Crippen LogP contribution < -0.4 is 4.90 Å². The summed E-state index contributed by atoms with van der Waals surface area (Å²) in [7, 11) is 0. The van der Waals surface area contributed by atoms with Crippen LogP contribution in [0.3, 0.4) is 0 Å². The van der Waals surface area contributed by atoms with E-state index in [2.05, 4.69) is 242 Å². The van der Waals surface area contributed by atoms with E-state index < -0.39 is 0 Å². The first-order valence-electron chi connectivity index (χ1n) is 20.0. The Morgan fingerprint density at radius 1 is 0.431 bits per heavy atom. The zero-order valence-corrected chi connectivity index (χ0v) is 32.8. The first-order valence-corrected chi connectivity index (χ1v) is 20.9. The Bertz CT molecular complexity index is 2660. The van der Waals surface area contributed by atoms with E-state index in [0.717, 1.165) is 16.9 Å². The maximum Gasteiger partial charge on any atom is 0.0461 e. The van der Waals surface area contributed by atoms with Gasteiger partial charge in [0.15, 0.2) is 0 Å². The van der Waals surface area contributed by atoms with Gasteiger partial charge in [-0.25, -0.2) is 0 Å². The van der Waals surface area contributed by atoms with Crippen molar-refractivity contribution in [2.45, 2.75) is 16.1 Å². The standard InChI is InChI=1S/C56H41NS/c1-4-12-41(13-5-1)44-24-28-47(29-25-44)54(48-30-26-45(27-31-48)42-14-6-2-7-15-42)38-40-20-22-43(23-21-40)46-32-34-50(35-33-46)57(49-16-8-3-9-17-49)51-36-37-53-52-18-10-11-19-55(52)58-56(53)39-51/h1-39,53,56H. The number of anilines is 2. The molecule has 276 valence electrons. The molecule has 8 aromatic rings. The highest BCUT2D eigenvalue weighted by molar-refractivity contribution is 8.00. The third-order valence-electron chi connectivity index (χ3n) is 11.3. The molecule has 0 aromatic heterocycles. The Morgan fingerprint density at radius 3 is 1.45 bits per heavy atom. The molecule has 0 amide bonds. The molecule has 0 saturated heterocycles. The Balaban J connectivity index is 0.938. The van der Waals surface area contributed by atoms with Crippen molar-refractivity contribution in [2.75, 3.05) is 4.90 Å². The molecule has 58 heavy (non-hydrogen) atoms. The highest BCUT2D eigenvalue weighted by atomic mass is 32.2. The summed E-state index contributed by atoms with van der Waals surface area (Å²) in [6.45, 7) is 0. The third kappa shape index (κ3) is 7.27. The summed E-state index contributed by atoms with van der Waals surface area (Å²) in [5.74, 6) is 0.416. The Kier molecular flexibility index (Phi) is 9.77. The number of nitrogens with zero attached hydrogens (tertiary/aromatic N) is 1. The second-order valence-electron chi connectivity index (χ2n) is 14.9. The van der Waals surface area contributed by atoms with E-state index in [0.29, 0.717) is 11.2 Å². The summed E-state index contributed by atoms with van der Waals surface area (Å²) in [4.78, 5) is 3.77. The van der Waals surface area contributed by atoms with Crippen molar-refractivity contribution < 1.29 is 0 Å². The molecule has 0 radical (unpaired) electrons. The van der Waals surface area contributed by atoms with Gasteiger partial charge < -0.3 is 4.90 Å². The minimum absolute atomic E-state index is 0.387. The van der Waals surface area contributed by atoms with E-state index >= 15 is 0 Å². The molecule has 0 saturated carbocycles. The van der Waals surface area contributed by atoms with Gasteiger partial charge >= 0.3 is 0 Å². The second-order valence-corrected chi connectivity index (χ2v) is 16.1. The topological polar surface area (TPSA) is 3.24 Å². The molecule has 1 aliphatic carbocycles. The molecule has 0 fully saturated rings. The number of thioether (sulfide) groups is 1. The van der Waals surface area contributed by atoms with E-state index in [1.807, 2.05) is 11.8 Å². The van der Waals surface area contributed by atoms with E-state index in [4.69, 9.17) is 0 Å². The highest BCUT2D eigenvalue weighted by Crippen LogP contribution is 2.49. The van der Waals surface area contributed by atoms with Gasteiger partial charge in [0.1, 0.15) is 0 Å². The fraction of sp³-hybridized carbons (Fsp3) is 0.0357. The van der Waals surface area contributed by atoms with Crippen LogP contribution in [0.1, 0.15) is 28.2 Å². The summed E-state index contributed by atoms with van der Waals surface area (Å²) >= 11 is 1.97. The van der Waals surface area contributed by atoms with Gasteiger partial charge in [0.05, 0.1) is 0 Å². The van der Waals surface area contributed by atoms with Gasteiger partial charge in [0.2, 0.25) is 0 Å². The van der Waals surface area contributed by atoms with Gasteiger partial charge in [-0.1, -0.05) is 188 Å². The summed E-state index contributed by atoms with van der Waals surface area (Å²) < 4.78 is 0. The van der Waals surface area contributed by atoms with Crippen molar-refractivity contribution in [2.24, 2.45) is 0 Å². The van der Waals surface area contributed by atoms with Crippen LogP contribution in [0.5, 0.6) is 0 Å². The average Bonchev–Trinajstić information content (AvgIpc) is 3.68. The van der Waals surface area contributed by atoms with Crippen LogP contribution in [-0.2, 0) is 0 Å². The maximum absolute atomic E-state index is 2.45. The largest absolute Gasteiger partial charge is 0.311 e. The van der Waals surface area contributed by atoms with Gasteiger partial charge in [0, 0.05) is 33.1 Å². The number of hydrogen-bond donors (Lipinski definition) is 0. The molecule has 2 heteroatoms. The maximum atomic E-state index is 2.45. The van der Waals surface area contributed by atoms with Crippen molar-refractivity contribution >= 4 is 34.8 Å². The summed E-state index contributed by atoms with van der Waals surface area (Å²) in [5.41, 5.74) is 16.9. The summed E-state index contributed by atoms with van der Waals surface area (Å²) in [6, 6.07) is 76.6. The van der Waals surface area contributed by atoms with E-state index in [9.17, 15) is 0 Å². The number of para-hydroxylation sites is 1. The normalized spacial score (nSPS) is 15.2. The Labute approximate surface area is 346 Å². The molecule has 10 rings (SSSR count). The molecule has 1 nitrogen and oxygen atoms in total. The van der Waals surface area contributed by atoms with Gasteiger partial charge in [-0.05, 0) is 110 Å². The molecule has 2 atom stereocenters. The Morgan fingerprint density at radius 2 is 0.879 bits per heavy atom. The summed E-state index contributed by atoms with van der Waals surface area (Å²) in [6.07, 6.45) is 9.47. The smallest absolute Gasteiger partial charge is 0.0461 e. The van der Waals surface area contributed by atoms with Crippen molar-refractivity contribution in [3.8, 4) is 33.4 Å². The molecular formula is C56H41NS. The SMILES string of the molecule is C1=CC2c3ccccc3SC2C=C1N(c1ccccc1)c1ccc(-c2ccc(C=C(c3ccc(-c4ccccc4)cc3)c3ccc(-c4ccccc4)cc3)cc2)cc1. The molecule has 0 N–H and O–H groups in total. The van der Waals surface area contributed by atoms with Crippen LogP contribution in [0.25, 0.3) is 45.0 Å². The van der Waals surface area contributed by atoms with Gasteiger partial charge in [0.25, 0.3) is 0 Å². The zero-order chi connectivity index (χ0) is 38.7. The molecule has 0 bridgehead atoms. The zero-order valence-electron chi connectivity index (χ0n) is 32.0. The van der Waals surface area contributed by atoms with Crippen molar-refractivity contribution in [3.05, 3.63) is 259 Å². The lowest BCUT2D eigenvalue weighted by Gasteiger charge is -2.30. The lowest BCUT2D eigenvalue weighted by molar-refractivity contribution is 0.866. The molecule has 2 aliphatic rings. The third-order valence-corrected chi connectivity index (χ3v) is 12.6. The molecule has 2 unspecified atom stereocenters. The van der Waals surface area contributed by atoms with Crippen LogP contribution in [-0.4, -0.2) is 5.25 Å². The van der Waals surface area contributed by atoms with E-state index in [1.165, 1.54) is 66.2 Å². The Hall–Kier alpha value is -6.87. The molecule has 1 heterocycles. The van der Waals surface area contributed by atoms with Crippen LogP contribution in [0.4, 0.5) is 11.4 Å². The number of benzene rings is 8. The fourth-order valence-electron chi connectivity index (χ4n) is 8.23. The second kappa shape index (κ2) is 15.9. The van der Waals surface area contributed by atoms with Crippen LogP contribution in [0, 0.1) is 0 Å². The van der Waals surface area contributed by atoms with E-state index in [-0.39, 0.29) is 0 Å². The number of hydrogen-bond acceptors (Lipinski definition) is 2. The minimum Gasteiger partial charge on any atom is -0.311 e. The predicted octanol–water partition coefficient (Wildman–Crippen LogP) is 15.1. The van der Waals surface area contributed by atoms with E-state index in [1.54, 1.807) is 0 Å². The van der Waals surface area contributed by atoms with Crippen LogP contribution in [0.2, 0.25) is 0 Å². The highest BCUT2D eigenvalue weighted by Gasteiger charge is 2.33. The number of rotatable bonds is 9. The number of fused-ring (bicyclic) bond motifs is 3. The average molecular weight is 760 g/mol. The first kappa shape index (κ1) is 35.5. The van der Waals surface area contributed by atoms with Gasteiger partial charge in [-0.2, -0.15) is 0 Å². The molecule has 0 spiro atoms. The molecular weight excluding hydrogens is 719 g/mol. The lowest BCUT2D eigenvalue weighted by Crippen LogP contribution is -2.20. The fourth-order valence-corrected chi connectivity index (χ4v) is 9.61. The minimum atomic E-state index is 0.387. The van der Waals surface area contributed by atoms with Crippen LogP contribution >= 0.6 is 11.8 Å². The predicted molar refractivity (Wildman–Crippen MR) is 247 cm³/mol. The quantitative estimate of drug-likeness (QED) is 0.135. The molecule has 8 aromatic carbocycles. The van der Waals surface area contributed by atoms with Gasteiger partial charge in [-0.15, -0.1) is 11.8 Å². The van der Waals surface area contributed by atoms with Crippen molar-refractivity contribution in [3.63, 3.8) is 0 Å². The first-order chi connectivity index (χ1) is 28.7. The van der Waals surface area contributed by atoms with Gasteiger partial charge in [-0.3, -0.25) is 0 Å². The van der Waals surface area contributed by atoms with Crippen molar-refractivity contribution in [1.29, 1.82) is 0 Å². The molecule has 1 aliphatic heterocycles. The van der Waals surface area contributed by atoms with Crippen LogP contribution in [0.15, 0.2) is 241 Å². The summed E-state index contributed by atoms with van der Waals surface area (Å²) in [5, 5.41) is 0.387. The number of allylic oxidation sites excluding steroid dienone is 2. The monoisotopic (exact) mass is 759 g/mol. The van der Waals surface area contributed by atoms with Crippen molar-refractivity contribution in [1.82, 2.24) is 0 Å². The lowest BCUT2D eigenvalue weighted by atomic mass is 9.91.